The Morgan fingerprint density at radius 2 is 1.88 bits per heavy atom. The molecule has 3 heterocycles. The molecule has 5 heteroatoms. The van der Waals surface area contributed by atoms with Crippen molar-refractivity contribution in [2.24, 2.45) is 11.8 Å². The molecule has 132 valence electrons. The number of aromatic nitrogens is 2. The summed E-state index contributed by atoms with van der Waals surface area (Å²) in [7, 11) is 0. The standard InChI is InChI=1S/C19H30N4O/c1-4-17-11-15(1)13-23(17)10-9-22-7-5-14(6-8-22)12-18-20-19(24-21-18)16-2-3-16/h14-17H,1-13H2/t15-,17+/m1/s1. The van der Waals surface area contributed by atoms with E-state index in [1.54, 1.807) is 0 Å². The summed E-state index contributed by atoms with van der Waals surface area (Å²) in [5.41, 5.74) is 0. The third kappa shape index (κ3) is 3.25. The molecule has 4 aliphatic rings. The maximum absolute atomic E-state index is 5.39. The van der Waals surface area contributed by atoms with Gasteiger partial charge in [0.2, 0.25) is 5.89 Å². The maximum atomic E-state index is 5.39. The number of fused-ring (bicyclic) bond motifs is 2. The van der Waals surface area contributed by atoms with Crippen molar-refractivity contribution in [1.82, 2.24) is 19.9 Å². The van der Waals surface area contributed by atoms with Crippen molar-refractivity contribution in [3.63, 3.8) is 0 Å². The Labute approximate surface area is 144 Å². The second-order valence-corrected chi connectivity index (χ2v) is 8.64. The van der Waals surface area contributed by atoms with Gasteiger partial charge in [-0.25, -0.2) is 0 Å². The summed E-state index contributed by atoms with van der Waals surface area (Å²) in [6.45, 7) is 6.44. The van der Waals surface area contributed by atoms with Crippen LogP contribution in [0.3, 0.4) is 0 Å². The summed E-state index contributed by atoms with van der Waals surface area (Å²) >= 11 is 0. The van der Waals surface area contributed by atoms with E-state index in [2.05, 4.69) is 19.9 Å². The normalized spacial score (nSPS) is 32.0. The van der Waals surface area contributed by atoms with Crippen LogP contribution in [0.25, 0.3) is 0 Å². The molecule has 0 N–H and O–H groups in total. The van der Waals surface area contributed by atoms with Gasteiger partial charge in [0.05, 0.1) is 0 Å². The van der Waals surface area contributed by atoms with Crippen LogP contribution in [0.15, 0.2) is 4.52 Å². The van der Waals surface area contributed by atoms with E-state index in [9.17, 15) is 0 Å². The molecule has 1 aromatic rings. The van der Waals surface area contributed by atoms with E-state index < -0.39 is 0 Å². The molecule has 5 nitrogen and oxygen atoms in total. The second-order valence-electron chi connectivity index (χ2n) is 8.64. The third-order valence-electron chi connectivity index (χ3n) is 6.81. The van der Waals surface area contributed by atoms with Crippen molar-refractivity contribution in [2.75, 3.05) is 32.7 Å². The first-order chi connectivity index (χ1) is 11.8. The van der Waals surface area contributed by atoms with Gasteiger partial charge in [-0.2, -0.15) is 4.98 Å². The monoisotopic (exact) mass is 330 g/mol. The first kappa shape index (κ1) is 15.3. The van der Waals surface area contributed by atoms with Gasteiger partial charge in [-0.15, -0.1) is 0 Å². The molecule has 2 atom stereocenters. The number of likely N-dealkylation sites (tertiary alicyclic amines) is 2. The van der Waals surface area contributed by atoms with Gasteiger partial charge >= 0.3 is 0 Å². The summed E-state index contributed by atoms with van der Waals surface area (Å²) < 4.78 is 5.39. The molecule has 2 saturated carbocycles. The van der Waals surface area contributed by atoms with Crippen LogP contribution in [0.4, 0.5) is 0 Å². The molecule has 0 radical (unpaired) electrons. The smallest absolute Gasteiger partial charge is 0.229 e. The summed E-state index contributed by atoms with van der Waals surface area (Å²) in [5.74, 6) is 4.18. The highest BCUT2D eigenvalue weighted by Crippen LogP contribution is 2.39. The summed E-state index contributed by atoms with van der Waals surface area (Å²) in [4.78, 5) is 10.0. The van der Waals surface area contributed by atoms with Gasteiger partial charge in [-0.1, -0.05) is 5.16 Å². The fraction of sp³-hybridized carbons (Fsp3) is 0.895. The Balaban J connectivity index is 1.04. The van der Waals surface area contributed by atoms with Crippen LogP contribution in [-0.2, 0) is 6.42 Å². The van der Waals surface area contributed by atoms with Crippen molar-refractivity contribution >= 4 is 0 Å². The predicted molar refractivity (Wildman–Crippen MR) is 91.8 cm³/mol. The molecule has 2 aliphatic heterocycles. The highest BCUT2D eigenvalue weighted by molar-refractivity contribution is 5.02. The molecule has 0 spiro atoms. The third-order valence-corrected chi connectivity index (χ3v) is 6.81. The van der Waals surface area contributed by atoms with Gasteiger partial charge in [0.1, 0.15) is 0 Å². The Hall–Kier alpha value is -0.940. The Morgan fingerprint density at radius 1 is 1.00 bits per heavy atom. The fourth-order valence-electron chi connectivity index (χ4n) is 5.09. The number of nitrogens with zero attached hydrogens (tertiary/aromatic N) is 4. The maximum Gasteiger partial charge on any atom is 0.229 e. The van der Waals surface area contributed by atoms with Gasteiger partial charge in [0.15, 0.2) is 5.82 Å². The van der Waals surface area contributed by atoms with E-state index in [4.69, 9.17) is 4.52 Å². The predicted octanol–water partition coefficient (Wildman–Crippen LogP) is 2.69. The highest BCUT2D eigenvalue weighted by atomic mass is 16.5. The van der Waals surface area contributed by atoms with E-state index >= 15 is 0 Å². The van der Waals surface area contributed by atoms with E-state index in [-0.39, 0.29) is 0 Å². The fourth-order valence-corrected chi connectivity index (χ4v) is 5.09. The van der Waals surface area contributed by atoms with Crippen LogP contribution in [-0.4, -0.2) is 58.7 Å². The van der Waals surface area contributed by atoms with Crippen molar-refractivity contribution in [3.05, 3.63) is 11.7 Å². The summed E-state index contributed by atoms with van der Waals surface area (Å²) in [5, 5.41) is 4.19. The largest absolute Gasteiger partial charge is 0.339 e. The quantitative estimate of drug-likeness (QED) is 0.802. The zero-order valence-electron chi connectivity index (χ0n) is 14.7. The first-order valence-electron chi connectivity index (χ1n) is 10.1. The SMILES string of the molecule is C1CN(CCN2C[C@@H]3CC[C@H]2C3)CCC1Cc1noc(C2CC2)n1. The van der Waals surface area contributed by atoms with Gasteiger partial charge in [0.25, 0.3) is 0 Å². The minimum absolute atomic E-state index is 0.578. The van der Waals surface area contributed by atoms with Crippen LogP contribution in [0, 0.1) is 11.8 Å². The van der Waals surface area contributed by atoms with E-state index in [0.717, 1.165) is 36.0 Å². The first-order valence-corrected chi connectivity index (χ1v) is 10.1. The van der Waals surface area contributed by atoms with Crippen LogP contribution < -0.4 is 0 Å². The Kier molecular flexibility index (Phi) is 4.10. The zero-order valence-corrected chi connectivity index (χ0v) is 14.7. The molecule has 2 saturated heterocycles. The summed E-state index contributed by atoms with van der Waals surface area (Å²) in [6.07, 6.45) is 10.5. The number of hydrogen-bond acceptors (Lipinski definition) is 5. The molecule has 0 unspecified atom stereocenters. The van der Waals surface area contributed by atoms with Gasteiger partial charge in [0, 0.05) is 38.0 Å². The minimum atomic E-state index is 0.578. The lowest BCUT2D eigenvalue weighted by Gasteiger charge is -2.34. The molecule has 0 aromatic carbocycles. The molecular weight excluding hydrogens is 300 g/mol. The van der Waals surface area contributed by atoms with E-state index in [1.165, 1.54) is 77.7 Å². The van der Waals surface area contributed by atoms with Crippen LogP contribution in [0.2, 0.25) is 0 Å². The molecule has 1 aromatic heterocycles. The van der Waals surface area contributed by atoms with E-state index in [1.807, 2.05) is 0 Å². The molecule has 2 bridgehead atoms. The average Bonchev–Trinajstić information content (AvgIpc) is 3.03. The van der Waals surface area contributed by atoms with Crippen LogP contribution >= 0.6 is 0 Å². The number of rotatable bonds is 6. The zero-order chi connectivity index (χ0) is 15.9. The summed E-state index contributed by atoms with van der Waals surface area (Å²) in [6, 6.07) is 0.923. The lowest BCUT2D eigenvalue weighted by molar-refractivity contribution is 0.139. The highest BCUT2D eigenvalue weighted by Gasteiger charge is 2.37. The number of piperidine rings is 2. The minimum Gasteiger partial charge on any atom is -0.339 e. The topological polar surface area (TPSA) is 45.4 Å². The van der Waals surface area contributed by atoms with Crippen molar-refractivity contribution in [2.45, 2.75) is 63.3 Å². The molecule has 5 rings (SSSR count). The molecular formula is C19H30N4O. The van der Waals surface area contributed by atoms with Gasteiger partial charge in [-0.3, -0.25) is 4.90 Å². The van der Waals surface area contributed by atoms with E-state index in [0.29, 0.717) is 5.92 Å². The second kappa shape index (κ2) is 6.41. The Morgan fingerprint density at radius 3 is 2.58 bits per heavy atom. The molecule has 4 fully saturated rings. The van der Waals surface area contributed by atoms with Crippen molar-refractivity contribution < 1.29 is 4.52 Å². The van der Waals surface area contributed by atoms with Gasteiger partial charge < -0.3 is 9.42 Å². The average molecular weight is 330 g/mol. The van der Waals surface area contributed by atoms with Gasteiger partial charge in [-0.05, 0) is 69.9 Å². The Bertz CT molecular complexity index is 561. The van der Waals surface area contributed by atoms with Crippen molar-refractivity contribution in [1.29, 1.82) is 0 Å². The lowest BCUT2D eigenvalue weighted by Crippen LogP contribution is -2.42. The molecule has 24 heavy (non-hydrogen) atoms. The van der Waals surface area contributed by atoms with Crippen LogP contribution in [0.1, 0.15) is 62.6 Å². The lowest BCUT2D eigenvalue weighted by atomic mass is 9.93. The molecule has 0 amide bonds. The number of hydrogen-bond donors (Lipinski definition) is 0. The van der Waals surface area contributed by atoms with Crippen molar-refractivity contribution in [3.8, 4) is 0 Å². The van der Waals surface area contributed by atoms with Crippen LogP contribution in [0.5, 0.6) is 0 Å². The molecule has 2 aliphatic carbocycles.